The van der Waals surface area contributed by atoms with Crippen LogP contribution in [0.15, 0.2) is 4.21 Å². The number of aromatic nitrogens is 1. The van der Waals surface area contributed by atoms with Gasteiger partial charge in [0.05, 0.1) is 5.69 Å². The molecule has 4 nitrogen and oxygen atoms in total. The normalized spacial score (nSPS) is 21.1. The van der Waals surface area contributed by atoms with E-state index in [1.807, 2.05) is 23.5 Å². The van der Waals surface area contributed by atoms with Crippen molar-refractivity contribution in [2.24, 2.45) is 0 Å². The van der Waals surface area contributed by atoms with Crippen LogP contribution in [0.25, 0.3) is 0 Å². The summed E-state index contributed by atoms with van der Waals surface area (Å²) in [4.78, 5) is 3.93. The molecule has 1 aliphatic heterocycles. The molecule has 1 N–H and O–H groups in total. The van der Waals surface area contributed by atoms with Gasteiger partial charge in [0.1, 0.15) is 0 Å². The van der Waals surface area contributed by atoms with Crippen molar-refractivity contribution in [3.63, 3.8) is 0 Å². The van der Waals surface area contributed by atoms with Crippen LogP contribution in [0.1, 0.15) is 5.69 Å². The lowest BCUT2D eigenvalue weighted by Crippen LogP contribution is -2.33. The quantitative estimate of drug-likeness (QED) is 0.907. The van der Waals surface area contributed by atoms with Crippen LogP contribution < -0.4 is 4.72 Å². The second-order valence-electron chi connectivity index (χ2n) is 3.76. The molecule has 2 rings (SSSR count). The highest BCUT2D eigenvalue weighted by Crippen LogP contribution is 2.27. The molecule has 1 atom stereocenters. The molecule has 0 radical (unpaired) electrons. The van der Waals surface area contributed by atoms with E-state index in [9.17, 15) is 8.42 Å². The second-order valence-corrected chi connectivity index (χ2v) is 9.86. The number of thiazole rings is 1. The summed E-state index contributed by atoms with van der Waals surface area (Å²) in [5, 5.41) is 0.349. The maximum atomic E-state index is 12.1. The highest BCUT2D eigenvalue weighted by atomic mass is 35.5. The molecule has 0 amide bonds. The summed E-state index contributed by atoms with van der Waals surface area (Å²) in [6, 6.07) is 0. The Hall–Kier alpha value is 0.530. The Balaban J connectivity index is 2.01. The Morgan fingerprint density at radius 2 is 2.28 bits per heavy atom. The van der Waals surface area contributed by atoms with Gasteiger partial charge in [-0.25, -0.2) is 18.1 Å². The van der Waals surface area contributed by atoms with Gasteiger partial charge < -0.3 is 0 Å². The van der Waals surface area contributed by atoms with Crippen LogP contribution in [0.5, 0.6) is 0 Å². The number of thioether (sulfide) groups is 2. The maximum Gasteiger partial charge on any atom is 0.252 e. The smallest absolute Gasteiger partial charge is 0.229 e. The lowest BCUT2D eigenvalue weighted by Gasteiger charge is -2.20. The average Bonchev–Trinajstić information content (AvgIpc) is 2.68. The fourth-order valence-electron chi connectivity index (χ4n) is 1.52. The van der Waals surface area contributed by atoms with E-state index in [0.29, 0.717) is 17.5 Å². The Bertz CT molecular complexity index is 511. The first-order chi connectivity index (χ1) is 8.49. The van der Waals surface area contributed by atoms with Crippen LogP contribution in [0.4, 0.5) is 0 Å². The lowest BCUT2D eigenvalue weighted by atomic mass is 10.5. The van der Waals surface area contributed by atoms with Gasteiger partial charge in [-0.1, -0.05) is 22.9 Å². The van der Waals surface area contributed by atoms with E-state index in [-0.39, 0.29) is 8.68 Å². The summed E-state index contributed by atoms with van der Waals surface area (Å²) in [6.45, 7) is 2.12. The molecular weight excluding hydrogens is 332 g/mol. The third-order valence-electron chi connectivity index (χ3n) is 2.36. The fraction of sp³-hybridized carbons (Fsp3) is 0.667. The number of rotatable bonds is 4. The van der Waals surface area contributed by atoms with Crippen molar-refractivity contribution < 1.29 is 8.42 Å². The van der Waals surface area contributed by atoms with Gasteiger partial charge in [-0.2, -0.15) is 23.5 Å². The molecule has 0 bridgehead atoms. The number of sulfonamides is 1. The SMILES string of the molecule is Cc1nc(Cl)sc1S(=O)(=O)NCC1CSCCS1. The Kier molecular flexibility index (Phi) is 5.24. The predicted molar refractivity (Wildman–Crippen MR) is 80.6 cm³/mol. The predicted octanol–water partition coefficient (Wildman–Crippen LogP) is 2.23. The summed E-state index contributed by atoms with van der Waals surface area (Å²) in [5.74, 6) is 3.23. The molecule has 1 aromatic rings. The number of nitrogens with zero attached hydrogens (tertiary/aromatic N) is 1. The molecule has 0 saturated carbocycles. The van der Waals surface area contributed by atoms with Gasteiger partial charge in [-0.05, 0) is 6.92 Å². The summed E-state index contributed by atoms with van der Waals surface area (Å²) in [6.07, 6.45) is 0. The first-order valence-corrected chi connectivity index (χ1v) is 10.2. The first-order valence-electron chi connectivity index (χ1n) is 5.31. The average molecular weight is 345 g/mol. The van der Waals surface area contributed by atoms with E-state index in [4.69, 9.17) is 11.6 Å². The van der Waals surface area contributed by atoms with Crippen LogP contribution in [-0.2, 0) is 10.0 Å². The van der Waals surface area contributed by atoms with Crippen LogP contribution in [-0.4, -0.2) is 42.5 Å². The zero-order valence-corrected chi connectivity index (χ0v) is 13.7. The molecule has 1 unspecified atom stereocenters. The Morgan fingerprint density at radius 1 is 1.50 bits per heavy atom. The summed E-state index contributed by atoms with van der Waals surface area (Å²) < 4.78 is 27.3. The molecule has 1 aromatic heterocycles. The van der Waals surface area contributed by atoms with Gasteiger partial charge in [0, 0.05) is 29.1 Å². The van der Waals surface area contributed by atoms with E-state index in [1.54, 1.807) is 6.92 Å². The molecule has 0 aliphatic carbocycles. The first kappa shape index (κ1) is 14.9. The van der Waals surface area contributed by atoms with E-state index in [2.05, 4.69) is 9.71 Å². The fourth-order valence-corrected chi connectivity index (χ4v) is 7.10. The molecule has 0 spiro atoms. The van der Waals surface area contributed by atoms with Crippen molar-refractivity contribution >= 4 is 56.5 Å². The van der Waals surface area contributed by atoms with Crippen molar-refractivity contribution in [3.05, 3.63) is 10.2 Å². The van der Waals surface area contributed by atoms with Crippen molar-refractivity contribution in [1.29, 1.82) is 0 Å². The standard InChI is InChI=1S/C9H13ClN2O2S4/c1-6-8(17-9(10)12-6)18(13,14)11-4-7-5-15-2-3-16-7/h7,11H,2-5H2,1H3. The largest absolute Gasteiger partial charge is 0.252 e. The molecule has 1 saturated heterocycles. The van der Waals surface area contributed by atoms with E-state index in [1.165, 1.54) is 0 Å². The van der Waals surface area contributed by atoms with Crippen LogP contribution in [0.3, 0.4) is 0 Å². The van der Waals surface area contributed by atoms with Crippen LogP contribution in [0, 0.1) is 6.92 Å². The molecule has 0 aromatic carbocycles. The minimum atomic E-state index is -3.47. The molecule has 18 heavy (non-hydrogen) atoms. The molecule has 102 valence electrons. The van der Waals surface area contributed by atoms with E-state index >= 15 is 0 Å². The molecule has 1 fully saturated rings. The highest BCUT2D eigenvalue weighted by molar-refractivity contribution is 8.06. The van der Waals surface area contributed by atoms with Gasteiger partial charge >= 0.3 is 0 Å². The molecule has 1 aliphatic rings. The summed E-state index contributed by atoms with van der Waals surface area (Å²) >= 11 is 10.4. The van der Waals surface area contributed by atoms with Gasteiger partial charge in [0.2, 0.25) is 0 Å². The topological polar surface area (TPSA) is 59.1 Å². The zero-order chi connectivity index (χ0) is 13.2. The Labute approximate surface area is 124 Å². The lowest BCUT2D eigenvalue weighted by molar-refractivity contribution is 0.583. The van der Waals surface area contributed by atoms with Crippen molar-refractivity contribution in [1.82, 2.24) is 9.71 Å². The van der Waals surface area contributed by atoms with E-state index < -0.39 is 10.0 Å². The van der Waals surface area contributed by atoms with Crippen LogP contribution >= 0.6 is 46.5 Å². The minimum absolute atomic E-state index is 0.223. The number of aryl methyl sites for hydroxylation is 1. The number of nitrogens with one attached hydrogen (secondary N) is 1. The summed E-state index contributed by atoms with van der Waals surface area (Å²) in [7, 11) is -3.47. The minimum Gasteiger partial charge on any atom is -0.229 e. The summed E-state index contributed by atoms with van der Waals surface area (Å²) in [5.41, 5.74) is 0.461. The van der Waals surface area contributed by atoms with Gasteiger partial charge in [-0.3, -0.25) is 0 Å². The number of hydrogen-bond donors (Lipinski definition) is 1. The second kappa shape index (κ2) is 6.32. The highest BCUT2D eigenvalue weighted by Gasteiger charge is 2.23. The van der Waals surface area contributed by atoms with Gasteiger partial charge in [-0.15, -0.1) is 0 Å². The van der Waals surface area contributed by atoms with Crippen molar-refractivity contribution in [3.8, 4) is 0 Å². The van der Waals surface area contributed by atoms with Crippen molar-refractivity contribution in [2.45, 2.75) is 16.4 Å². The molecule has 9 heteroatoms. The Morgan fingerprint density at radius 3 is 2.83 bits per heavy atom. The van der Waals surface area contributed by atoms with Crippen molar-refractivity contribution in [2.75, 3.05) is 23.8 Å². The molecular formula is C9H13ClN2O2S4. The number of hydrogen-bond acceptors (Lipinski definition) is 6. The van der Waals surface area contributed by atoms with E-state index in [0.717, 1.165) is 28.6 Å². The third-order valence-corrected chi connectivity index (χ3v) is 8.50. The van der Waals surface area contributed by atoms with Gasteiger partial charge in [0.15, 0.2) is 8.68 Å². The molecule has 2 heterocycles. The van der Waals surface area contributed by atoms with Crippen LogP contribution in [0.2, 0.25) is 4.47 Å². The maximum absolute atomic E-state index is 12.1. The monoisotopic (exact) mass is 344 g/mol. The zero-order valence-electron chi connectivity index (χ0n) is 9.68. The number of halogens is 1. The van der Waals surface area contributed by atoms with Gasteiger partial charge in [0.25, 0.3) is 10.0 Å². The third kappa shape index (κ3) is 3.77.